The molecule has 3 heterocycles. The number of nitrogens with two attached hydrogens (primary N) is 1. The molecule has 1 aromatic heterocycles. The average Bonchev–Trinajstić information content (AvgIpc) is 3.30. The predicted octanol–water partition coefficient (Wildman–Crippen LogP) is 5.24. The Bertz CT molecular complexity index is 1240. The van der Waals surface area contributed by atoms with Crippen molar-refractivity contribution in [3.05, 3.63) is 77.8 Å². The maximum absolute atomic E-state index is 13.9. The number of aliphatic imine (C=N–C) groups is 1. The molecule has 2 aliphatic heterocycles. The predicted molar refractivity (Wildman–Crippen MR) is 138 cm³/mol. The first-order valence-electron chi connectivity index (χ1n) is 12.5. The van der Waals surface area contributed by atoms with Crippen LogP contribution in [0.2, 0.25) is 0 Å². The Morgan fingerprint density at radius 1 is 1.08 bits per heavy atom. The van der Waals surface area contributed by atoms with Crippen molar-refractivity contribution >= 4 is 17.4 Å². The monoisotopic (exact) mass is 534 g/mol. The van der Waals surface area contributed by atoms with Crippen LogP contribution in [0.25, 0.3) is 5.70 Å². The van der Waals surface area contributed by atoms with Crippen LogP contribution in [0.3, 0.4) is 0 Å². The van der Waals surface area contributed by atoms with E-state index >= 15 is 0 Å². The molecule has 4 rings (SSSR count). The molecule has 0 spiro atoms. The molecule has 0 bridgehead atoms. The van der Waals surface area contributed by atoms with Gasteiger partial charge in [-0.15, -0.1) is 0 Å². The number of aromatic nitrogens is 1. The third-order valence-electron chi connectivity index (χ3n) is 6.98. The second-order valence-electron chi connectivity index (χ2n) is 9.66. The zero-order chi connectivity index (χ0) is 27.6. The minimum Gasteiger partial charge on any atom is -0.398 e. The first-order chi connectivity index (χ1) is 18.0. The first-order valence-corrected chi connectivity index (χ1v) is 12.5. The highest BCUT2D eigenvalue weighted by atomic mass is 19.4. The summed E-state index contributed by atoms with van der Waals surface area (Å²) in [7, 11) is 0. The molecule has 38 heavy (non-hydrogen) atoms. The van der Waals surface area contributed by atoms with Gasteiger partial charge in [-0.3, -0.25) is 0 Å². The molecular weight excluding hydrogens is 503 g/mol. The Balaban J connectivity index is 1.65. The summed E-state index contributed by atoms with van der Waals surface area (Å²) in [6.45, 7) is 9.76. The molecule has 11 heteroatoms. The summed E-state index contributed by atoms with van der Waals surface area (Å²) in [5.41, 5.74) is 5.96. The fourth-order valence-corrected chi connectivity index (χ4v) is 4.95. The molecule has 2 atom stereocenters. The number of rotatable bonds is 5. The van der Waals surface area contributed by atoms with Crippen LogP contribution in [0, 0.1) is 11.6 Å². The molecule has 2 aromatic rings. The lowest BCUT2D eigenvalue weighted by Gasteiger charge is -2.42. The molecule has 2 saturated heterocycles. The highest BCUT2D eigenvalue weighted by molar-refractivity contribution is 5.99. The molecule has 0 amide bonds. The van der Waals surface area contributed by atoms with Gasteiger partial charge in [-0.25, -0.2) is 18.8 Å². The van der Waals surface area contributed by atoms with E-state index in [2.05, 4.69) is 23.4 Å². The van der Waals surface area contributed by atoms with Gasteiger partial charge in [0.25, 0.3) is 0 Å². The molecule has 2 fully saturated rings. The number of benzene rings is 1. The largest absolute Gasteiger partial charge is 0.419 e. The van der Waals surface area contributed by atoms with Crippen LogP contribution < -0.4 is 10.6 Å². The minimum atomic E-state index is -4.53. The summed E-state index contributed by atoms with van der Waals surface area (Å²) in [4.78, 5) is 14.4. The number of piperazine rings is 1. The fraction of sp³-hybridized carbons (Fsp3) is 0.407. The van der Waals surface area contributed by atoms with Gasteiger partial charge < -0.3 is 20.4 Å². The van der Waals surface area contributed by atoms with Crippen LogP contribution in [0.15, 0.2) is 60.0 Å². The number of halogens is 5. The Labute approximate surface area is 218 Å². The molecule has 0 radical (unpaired) electrons. The van der Waals surface area contributed by atoms with E-state index < -0.39 is 23.4 Å². The van der Waals surface area contributed by atoms with Crippen molar-refractivity contribution in [2.24, 2.45) is 10.7 Å². The van der Waals surface area contributed by atoms with E-state index in [0.29, 0.717) is 18.2 Å². The van der Waals surface area contributed by atoms with E-state index in [-0.39, 0.29) is 42.3 Å². The van der Waals surface area contributed by atoms with Crippen molar-refractivity contribution in [3.63, 3.8) is 0 Å². The third kappa shape index (κ3) is 5.92. The van der Waals surface area contributed by atoms with Gasteiger partial charge in [0.1, 0.15) is 17.5 Å². The van der Waals surface area contributed by atoms with Crippen LogP contribution in [0.1, 0.15) is 37.8 Å². The summed E-state index contributed by atoms with van der Waals surface area (Å²) >= 11 is 0. The SMILES string of the molecule is C=C(N=C(/C=C(\N)c1ccc(F)c(F)c1)N1CCN(c2ncccc2C(F)(F)F)C[C@H]1C)N1CCC[C@@H]1C. The second-order valence-corrected chi connectivity index (χ2v) is 9.66. The lowest BCUT2D eigenvalue weighted by atomic mass is 10.1. The summed E-state index contributed by atoms with van der Waals surface area (Å²) in [5.74, 6) is -1.13. The number of pyridine rings is 1. The molecule has 1 aromatic carbocycles. The van der Waals surface area contributed by atoms with Crippen LogP contribution in [0.4, 0.5) is 27.8 Å². The maximum Gasteiger partial charge on any atom is 0.419 e. The zero-order valence-electron chi connectivity index (χ0n) is 21.3. The van der Waals surface area contributed by atoms with Gasteiger partial charge in [0.05, 0.1) is 5.56 Å². The Hall–Kier alpha value is -3.63. The van der Waals surface area contributed by atoms with E-state index in [9.17, 15) is 22.0 Å². The summed E-state index contributed by atoms with van der Waals surface area (Å²) in [5, 5.41) is 0. The number of alkyl halides is 3. The highest BCUT2D eigenvalue weighted by Gasteiger charge is 2.37. The summed E-state index contributed by atoms with van der Waals surface area (Å²) in [6, 6.07) is 5.67. The van der Waals surface area contributed by atoms with E-state index in [1.807, 2.05) is 11.8 Å². The standard InChI is InChI=1S/C27H31F5N6/c1-17-6-5-11-37(17)19(3)35-25(15-24(33)20-8-9-22(28)23(29)14-20)38-13-12-36(16-18(38)2)26-21(27(30,31)32)7-4-10-34-26/h4,7-10,14-15,17-18H,3,5-6,11-13,16,33H2,1-2H3/b24-15-,35-25?/t17-,18+/m0/s1. The Morgan fingerprint density at radius 2 is 1.84 bits per heavy atom. The van der Waals surface area contributed by atoms with Gasteiger partial charge in [-0.05, 0) is 57.0 Å². The molecule has 0 aliphatic carbocycles. The number of nitrogens with zero attached hydrogens (tertiary/aromatic N) is 5. The van der Waals surface area contributed by atoms with E-state index in [1.165, 1.54) is 18.3 Å². The average molecular weight is 535 g/mol. The topological polar surface area (TPSA) is 61.0 Å². The van der Waals surface area contributed by atoms with E-state index in [4.69, 9.17) is 10.7 Å². The Morgan fingerprint density at radius 3 is 2.47 bits per heavy atom. The van der Waals surface area contributed by atoms with Gasteiger partial charge in [0.15, 0.2) is 11.6 Å². The second kappa shape index (κ2) is 11.0. The smallest absolute Gasteiger partial charge is 0.398 e. The molecule has 2 aliphatic rings. The number of anilines is 1. The van der Waals surface area contributed by atoms with Gasteiger partial charge in [-0.2, -0.15) is 13.2 Å². The summed E-state index contributed by atoms with van der Waals surface area (Å²) < 4.78 is 68.1. The van der Waals surface area contributed by atoms with Crippen LogP contribution >= 0.6 is 0 Å². The lowest BCUT2D eigenvalue weighted by Crippen LogP contribution is -2.54. The van der Waals surface area contributed by atoms with Crippen LogP contribution in [0.5, 0.6) is 0 Å². The highest BCUT2D eigenvalue weighted by Crippen LogP contribution is 2.36. The van der Waals surface area contributed by atoms with Crippen molar-refractivity contribution in [1.29, 1.82) is 0 Å². The Kier molecular flexibility index (Phi) is 7.94. The summed E-state index contributed by atoms with van der Waals surface area (Å²) in [6.07, 6.45) is 0.423. The van der Waals surface area contributed by atoms with Gasteiger partial charge in [0.2, 0.25) is 0 Å². The van der Waals surface area contributed by atoms with E-state index in [1.54, 1.807) is 11.0 Å². The maximum atomic E-state index is 13.9. The van der Waals surface area contributed by atoms with E-state index in [0.717, 1.165) is 37.6 Å². The zero-order valence-corrected chi connectivity index (χ0v) is 21.3. The molecule has 0 unspecified atom stereocenters. The van der Waals surface area contributed by atoms with Crippen molar-refractivity contribution in [2.75, 3.05) is 31.1 Å². The molecule has 204 valence electrons. The molecule has 6 nitrogen and oxygen atoms in total. The van der Waals surface area contributed by atoms with Gasteiger partial charge >= 0.3 is 6.18 Å². The first kappa shape index (κ1) is 27.4. The normalized spacial score (nSPS) is 21.3. The molecule has 0 saturated carbocycles. The minimum absolute atomic E-state index is 0.114. The number of amidine groups is 1. The fourth-order valence-electron chi connectivity index (χ4n) is 4.95. The van der Waals surface area contributed by atoms with Crippen LogP contribution in [-0.2, 0) is 6.18 Å². The molecular formula is C27H31F5N6. The molecule has 2 N–H and O–H groups in total. The van der Waals surface area contributed by atoms with Gasteiger partial charge in [0, 0.05) is 61.8 Å². The quantitative estimate of drug-likeness (QED) is 0.323. The third-order valence-corrected chi connectivity index (χ3v) is 6.98. The van der Waals surface area contributed by atoms with Crippen molar-refractivity contribution in [1.82, 2.24) is 14.8 Å². The van der Waals surface area contributed by atoms with Crippen LogP contribution in [-0.4, -0.2) is 58.9 Å². The lowest BCUT2D eigenvalue weighted by molar-refractivity contribution is -0.137. The van der Waals surface area contributed by atoms with Crippen molar-refractivity contribution < 1.29 is 22.0 Å². The van der Waals surface area contributed by atoms with Gasteiger partial charge in [-0.1, -0.05) is 6.58 Å². The van der Waals surface area contributed by atoms with Crippen molar-refractivity contribution in [2.45, 2.75) is 44.9 Å². The number of hydrogen-bond acceptors (Lipinski definition) is 5. The number of hydrogen-bond donors (Lipinski definition) is 1. The number of likely N-dealkylation sites (tertiary alicyclic amines) is 1. The van der Waals surface area contributed by atoms with Crippen molar-refractivity contribution in [3.8, 4) is 0 Å².